The second-order valence-electron chi connectivity index (χ2n) is 5.18. The Hall–Kier alpha value is -2.68. The number of rotatable bonds is 8. The lowest BCUT2D eigenvalue weighted by Gasteiger charge is -2.22. The van der Waals surface area contributed by atoms with Crippen LogP contribution in [-0.4, -0.2) is 12.2 Å². The van der Waals surface area contributed by atoms with Crippen LogP contribution in [-0.2, 0) is 4.74 Å². The fourth-order valence-electron chi connectivity index (χ4n) is 1.87. The average Bonchev–Trinajstić information content (AvgIpc) is 2.56. The van der Waals surface area contributed by atoms with E-state index in [1.807, 2.05) is 74.5 Å². The highest BCUT2D eigenvalue weighted by Crippen LogP contribution is 2.20. The molecular formula is C20H22O3. The van der Waals surface area contributed by atoms with Gasteiger partial charge in [-0.2, -0.15) is 0 Å². The lowest BCUT2D eigenvalue weighted by atomic mass is 10.3. The van der Waals surface area contributed by atoms with Gasteiger partial charge in [0.25, 0.3) is 0 Å². The summed E-state index contributed by atoms with van der Waals surface area (Å²) < 4.78 is 17.2. The van der Waals surface area contributed by atoms with Gasteiger partial charge in [-0.3, -0.25) is 0 Å². The van der Waals surface area contributed by atoms with Crippen molar-refractivity contribution in [1.82, 2.24) is 0 Å². The third-order valence-corrected chi connectivity index (χ3v) is 3.28. The van der Waals surface area contributed by atoms with E-state index in [4.69, 9.17) is 14.2 Å². The van der Waals surface area contributed by atoms with Gasteiger partial charge in [-0.1, -0.05) is 49.6 Å². The molecule has 0 aromatic heterocycles. The Morgan fingerprint density at radius 1 is 0.696 bits per heavy atom. The lowest BCUT2D eigenvalue weighted by Crippen LogP contribution is -2.21. The molecule has 2 unspecified atom stereocenters. The summed E-state index contributed by atoms with van der Waals surface area (Å²) in [6.45, 7) is 11.6. The van der Waals surface area contributed by atoms with E-state index in [0.717, 1.165) is 11.5 Å². The van der Waals surface area contributed by atoms with Crippen molar-refractivity contribution in [1.29, 1.82) is 0 Å². The summed E-state index contributed by atoms with van der Waals surface area (Å²) in [5.74, 6) is 2.51. The first-order valence-corrected chi connectivity index (χ1v) is 7.55. The topological polar surface area (TPSA) is 27.7 Å². The van der Waals surface area contributed by atoms with E-state index in [1.54, 1.807) is 0 Å². The summed E-state index contributed by atoms with van der Waals surface area (Å²) in [6, 6.07) is 19.1. The van der Waals surface area contributed by atoms with Crippen molar-refractivity contribution < 1.29 is 14.2 Å². The van der Waals surface area contributed by atoms with Crippen LogP contribution in [0.3, 0.4) is 0 Å². The summed E-state index contributed by atoms with van der Waals surface area (Å²) in [5.41, 5.74) is 0. The van der Waals surface area contributed by atoms with Gasteiger partial charge in [0.1, 0.15) is 23.0 Å². The number of hydrogen-bond acceptors (Lipinski definition) is 3. The number of para-hydroxylation sites is 2. The first-order valence-electron chi connectivity index (χ1n) is 7.55. The summed E-state index contributed by atoms with van der Waals surface area (Å²) in [6.07, 6.45) is -0.587. The maximum absolute atomic E-state index is 5.77. The van der Waals surface area contributed by atoms with Crippen LogP contribution in [0.2, 0.25) is 0 Å². The molecule has 0 saturated carbocycles. The van der Waals surface area contributed by atoms with Crippen LogP contribution >= 0.6 is 0 Å². The number of benzene rings is 2. The van der Waals surface area contributed by atoms with Crippen LogP contribution in [0, 0.1) is 0 Å². The van der Waals surface area contributed by atoms with Crippen molar-refractivity contribution >= 4 is 0 Å². The van der Waals surface area contributed by atoms with Gasteiger partial charge in [0.05, 0.1) is 0 Å². The molecule has 0 aliphatic carbocycles. The van der Waals surface area contributed by atoms with Crippen molar-refractivity contribution in [3.63, 3.8) is 0 Å². The predicted molar refractivity (Wildman–Crippen MR) is 92.4 cm³/mol. The molecule has 0 spiro atoms. The molecule has 0 heterocycles. The summed E-state index contributed by atoms with van der Waals surface area (Å²) >= 11 is 0. The Morgan fingerprint density at radius 3 is 1.39 bits per heavy atom. The highest BCUT2D eigenvalue weighted by Gasteiger charge is 2.16. The van der Waals surface area contributed by atoms with Crippen molar-refractivity contribution in [2.75, 3.05) is 0 Å². The molecule has 2 aromatic carbocycles. The van der Waals surface area contributed by atoms with Gasteiger partial charge in [0.2, 0.25) is 0 Å². The molecule has 23 heavy (non-hydrogen) atoms. The smallest absolute Gasteiger partial charge is 0.153 e. The monoisotopic (exact) mass is 310 g/mol. The predicted octanol–water partition coefficient (Wildman–Crippen LogP) is 4.97. The maximum Gasteiger partial charge on any atom is 0.153 e. The average molecular weight is 310 g/mol. The van der Waals surface area contributed by atoms with E-state index in [-0.39, 0.29) is 12.2 Å². The fourth-order valence-corrected chi connectivity index (χ4v) is 1.87. The third-order valence-electron chi connectivity index (χ3n) is 3.28. The zero-order chi connectivity index (χ0) is 16.7. The summed E-state index contributed by atoms with van der Waals surface area (Å²) in [5, 5.41) is 0. The van der Waals surface area contributed by atoms with Gasteiger partial charge >= 0.3 is 0 Å². The van der Waals surface area contributed by atoms with E-state index in [2.05, 4.69) is 13.2 Å². The van der Waals surface area contributed by atoms with Gasteiger partial charge in [0, 0.05) is 0 Å². The van der Waals surface area contributed by atoms with E-state index >= 15 is 0 Å². The van der Waals surface area contributed by atoms with Crippen molar-refractivity contribution in [3.05, 3.63) is 85.3 Å². The van der Waals surface area contributed by atoms with Crippen LogP contribution in [0.1, 0.15) is 13.8 Å². The first-order chi connectivity index (χ1) is 11.1. The molecule has 0 N–H and O–H groups in total. The molecule has 0 amide bonds. The van der Waals surface area contributed by atoms with Crippen LogP contribution in [0.4, 0.5) is 0 Å². The molecule has 3 nitrogen and oxygen atoms in total. The maximum atomic E-state index is 5.77. The minimum atomic E-state index is -0.293. The second-order valence-corrected chi connectivity index (χ2v) is 5.18. The Bertz CT molecular complexity index is 577. The normalized spacial score (nSPS) is 12.8. The largest absolute Gasteiger partial charge is 0.483 e. The van der Waals surface area contributed by atoms with Crippen molar-refractivity contribution in [2.45, 2.75) is 26.1 Å². The van der Waals surface area contributed by atoms with E-state index in [9.17, 15) is 0 Å². The van der Waals surface area contributed by atoms with Gasteiger partial charge in [0.15, 0.2) is 12.2 Å². The lowest BCUT2D eigenvalue weighted by molar-refractivity contribution is 0.124. The highest BCUT2D eigenvalue weighted by atomic mass is 16.6. The molecule has 0 radical (unpaired) electrons. The van der Waals surface area contributed by atoms with Crippen LogP contribution in [0.5, 0.6) is 11.5 Å². The second kappa shape index (κ2) is 8.08. The van der Waals surface area contributed by atoms with E-state index < -0.39 is 0 Å². The van der Waals surface area contributed by atoms with Gasteiger partial charge in [-0.05, 0) is 38.1 Å². The molecule has 2 aromatic rings. The Balaban J connectivity index is 1.85. The third kappa shape index (κ3) is 5.22. The molecule has 2 rings (SSSR count). The fraction of sp³-hybridized carbons (Fsp3) is 0.200. The molecule has 0 bridgehead atoms. The first kappa shape index (κ1) is 16.7. The zero-order valence-electron chi connectivity index (χ0n) is 13.6. The van der Waals surface area contributed by atoms with E-state index in [0.29, 0.717) is 11.5 Å². The number of hydrogen-bond donors (Lipinski definition) is 0. The molecule has 2 atom stereocenters. The minimum absolute atomic E-state index is 0.293. The van der Waals surface area contributed by atoms with Crippen LogP contribution in [0.25, 0.3) is 0 Å². The van der Waals surface area contributed by atoms with Crippen LogP contribution in [0.15, 0.2) is 85.3 Å². The van der Waals surface area contributed by atoms with E-state index in [1.165, 1.54) is 0 Å². The number of ether oxygens (including phenoxy) is 3. The molecule has 120 valence electrons. The quantitative estimate of drug-likeness (QED) is 0.645. The van der Waals surface area contributed by atoms with Gasteiger partial charge in [-0.15, -0.1) is 0 Å². The van der Waals surface area contributed by atoms with Crippen LogP contribution < -0.4 is 9.47 Å². The summed E-state index contributed by atoms with van der Waals surface area (Å²) in [7, 11) is 0. The molecule has 0 saturated heterocycles. The van der Waals surface area contributed by atoms with Crippen molar-refractivity contribution in [2.24, 2.45) is 0 Å². The standard InChI is InChI=1S/C20H22O3/c1-15(17(3)22-19-11-7-5-8-12-19)21-16(2)18(4)23-20-13-9-6-10-14-20/h5-14,17-18H,1-2H2,3-4H3. The minimum Gasteiger partial charge on any atom is -0.483 e. The molecule has 0 aliphatic heterocycles. The molecular weight excluding hydrogens is 288 g/mol. The molecule has 0 fully saturated rings. The summed E-state index contributed by atoms with van der Waals surface area (Å²) in [4.78, 5) is 0. The Morgan fingerprint density at radius 2 is 1.04 bits per heavy atom. The molecule has 3 heteroatoms. The van der Waals surface area contributed by atoms with Gasteiger partial charge < -0.3 is 14.2 Å². The van der Waals surface area contributed by atoms with Crippen molar-refractivity contribution in [3.8, 4) is 11.5 Å². The highest BCUT2D eigenvalue weighted by molar-refractivity contribution is 5.23. The SMILES string of the molecule is C=C(OC(=C)C(C)Oc1ccccc1)C(C)Oc1ccccc1. The Labute approximate surface area is 137 Å². The zero-order valence-corrected chi connectivity index (χ0v) is 13.6. The Kier molecular flexibility index (Phi) is 5.87. The molecule has 0 aliphatic rings. The van der Waals surface area contributed by atoms with Gasteiger partial charge in [-0.25, -0.2) is 0 Å².